The molecule has 210 valence electrons. The van der Waals surface area contributed by atoms with Crippen LogP contribution in [0, 0.1) is 5.92 Å². The Hall–Kier alpha value is -2.49. The number of hydrogen-bond donors (Lipinski definition) is 1. The molecule has 1 atom stereocenters. The van der Waals surface area contributed by atoms with Crippen molar-refractivity contribution < 1.29 is 22.7 Å². The molecule has 0 fully saturated rings. The van der Waals surface area contributed by atoms with E-state index in [4.69, 9.17) is 27.9 Å². The molecule has 1 N–H and O–H groups in total. The van der Waals surface area contributed by atoms with Gasteiger partial charge in [-0.2, -0.15) is 0 Å². The van der Waals surface area contributed by atoms with Crippen molar-refractivity contribution in [3.05, 3.63) is 58.1 Å². The lowest BCUT2D eigenvalue weighted by Crippen LogP contribution is -2.49. The van der Waals surface area contributed by atoms with E-state index < -0.39 is 16.1 Å². The molecule has 2 aromatic carbocycles. The van der Waals surface area contributed by atoms with E-state index in [0.29, 0.717) is 29.4 Å². The highest BCUT2D eigenvalue weighted by Gasteiger charge is 2.29. The Morgan fingerprint density at radius 3 is 2.32 bits per heavy atom. The van der Waals surface area contributed by atoms with Gasteiger partial charge in [-0.15, -0.1) is 0 Å². The van der Waals surface area contributed by atoms with Crippen LogP contribution in [-0.2, 0) is 26.2 Å². The molecule has 0 saturated carbocycles. The molecule has 11 heteroatoms. The number of nitrogens with zero attached hydrogens (tertiary/aromatic N) is 2. The van der Waals surface area contributed by atoms with Crippen LogP contribution in [0.5, 0.6) is 5.75 Å². The van der Waals surface area contributed by atoms with Crippen LogP contribution in [0.2, 0.25) is 10.0 Å². The standard InChI is InChI=1S/C27H37Cl2N3O5S/c1-6-24(27(34)30-17-19(2)3)31(18-20-10-7-8-11-22(20)28)26(33)12-9-15-32(38(5,35)36)21-13-14-25(37-4)23(29)16-21/h7-8,10-11,13-14,16,19,24H,6,9,12,15,17-18H2,1-5H3,(H,30,34)/t24-/m0/s1. The maximum Gasteiger partial charge on any atom is 0.242 e. The smallest absolute Gasteiger partial charge is 0.242 e. The van der Waals surface area contributed by atoms with Gasteiger partial charge in [-0.1, -0.05) is 62.2 Å². The van der Waals surface area contributed by atoms with Crippen LogP contribution in [0.15, 0.2) is 42.5 Å². The van der Waals surface area contributed by atoms with Crippen molar-refractivity contribution in [3.8, 4) is 5.75 Å². The van der Waals surface area contributed by atoms with Crippen molar-refractivity contribution in [2.24, 2.45) is 5.92 Å². The van der Waals surface area contributed by atoms with Crippen LogP contribution in [0.25, 0.3) is 0 Å². The zero-order valence-electron chi connectivity index (χ0n) is 22.5. The molecular weight excluding hydrogens is 549 g/mol. The average Bonchev–Trinajstić information content (AvgIpc) is 2.85. The van der Waals surface area contributed by atoms with Crippen LogP contribution < -0.4 is 14.4 Å². The van der Waals surface area contributed by atoms with Gasteiger partial charge in [0.1, 0.15) is 11.8 Å². The van der Waals surface area contributed by atoms with E-state index in [-0.39, 0.29) is 48.7 Å². The Labute approximate surface area is 236 Å². The molecule has 0 spiro atoms. The molecule has 2 rings (SSSR count). The van der Waals surface area contributed by atoms with E-state index in [1.54, 1.807) is 24.3 Å². The van der Waals surface area contributed by atoms with Crippen LogP contribution in [0.3, 0.4) is 0 Å². The zero-order valence-corrected chi connectivity index (χ0v) is 24.9. The fraction of sp³-hybridized carbons (Fsp3) is 0.481. The molecule has 0 bridgehead atoms. The molecule has 0 aliphatic carbocycles. The number of amides is 2. The lowest BCUT2D eigenvalue weighted by molar-refractivity contribution is -0.141. The maximum atomic E-state index is 13.5. The van der Waals surface area contributed by atoms with Gasteiger partial charge < -0.3 is 15.0 Å². The highest BCUT2D eigenvalue weighted by Crippen LogP contribution is 2.30. The summed E-state index contributed by atoms with van der Waals surface area (Å²) >= 11 is 12.6. The molecule has 0 heterocycles. The second-order valence-corrected chi connectivity index (χ2v) is 12.2. The lowest BCUT2D eigenvalue weighted by Gasteiger charge is -2.31. The minimum absolute atomic E-state index is 0.0360. The monoisotopic (exact) mass is 585 g/mol. The van der Waals surface area contributed by atoms with Crippen LogP contribution in [0.4, 0.5) is 5.69 Å². The van der Waals surface area contributed by atoms with E-state index in [9.17, 15) is 18.0 Å². The van der Waals surface area contributed by atoms with Gasteiger partial charge in [-0.25, -0.2) is 8.42 Å². The number of ether oxygens (including phenoxy) is 1. The molecule has 0 aliphatic heterocycles. The number of hydrogen-bond acceptors (Lipinski definition) is 5. The predicted octanol–water partition coefficient (Wildman–Crippen LogP) is 5.13. The van der Waals surface area contributed by atoms with Crippen LogP contribution in [0.1, 0.15) is 45.6 Å². The number of methoxy groups -OCH3 is 1. The summed E-state index contributed by atoms with van der Waals surface area (Å²) in [5, 5.41) is 3.70. The number of nitrogens with one attached hydrogen (secondary N) is 1. The minimum atomic E-state index is -3.65. The number of rotatable bonds is 14. The van der Waals surface area contributed by atoms with Gasteiger partial charge >= 0.3 is 0 Å². The molecule has 8 nitrogen and oxygen atoms in total. The molecule has 38 heavy (non-hydrogen) atoms. The first-order chi connectivity index (χ1) is 17.9. The van der Waals surface area contributed by atoms with Gasteiger partial charge in [0.05, 0.1) is 24.1 Å². The summed E-state index contributed by atoms with van der Waals surface area (Å²) in [5.41, 5.74) is 1.10. The lowest BCUT2D eigenvalue weighted by atomic mass is 10.1. The Bertz CT molecular complexity index is 1210. The van der Waals surface area contributed by atoms with E-state index in [1.807, 2.05) is 32.9 Å². The maximum absolute atomic E-state index is 13.5. The molecule has 0 radical (unpaired) electrons. The number of benzene rings is 2. The van der Waals surface area contributed by atoms with Gasteiger partial charge in [-0.05, 0) is 48.6 Å². The molecule has 0 unspecified atom stereocenters. The van der Waals surface area contributed by atoms with Gasteiger partial charge in [0.15, 0.2) is 0 Å². The third-order valence-electron chi connectivity index (χ3n) is 5.94. The van der Waals surface area contributed by atoms with E-state index in [2.05, 4.69) is 5.32 Å². The number of sulfonamides is 1. The molecule has 2 amide bonds. The average molecular weight is 587 g/mol. The van der Waals surface area contributed by atoms with Crippen molar-refractivity contribution in [1.82, 2.24) is 10.2 Å². The number of anilines is 1. The predicted molar refractivity (Wildman–Crippen MR) is 153 cm³/mol. The van der Waals surface area contributed by atoms with Crippen molar-refractivity contribution in [2.45, 2.75) is 52.6 Å². The summed E-state index contributed by atoms with van der Waals surface area (Å²) in [6.07, 6.45) is 1.79. The highest BCUT2D eigenvalue weighted by molar-refractivity contribution is 7.92. The van der Waals surface area contributed by atoms with Crippen LogP contribution >= 0.6 is 23.2 Å². The number of carbonyl (C=O) groups excluding carboxylic acids is 2. The molecule has 0 saturated heterocycles. The minimum Gasteiger partial charge on any atom is -0.495 e. The summed E-state index contributed by atoms with van der Waals surface area (Å²) in [6.45, 7) is 6.57. The van der Waals surface area contributed by atoms with Gasteiger partial charge in [0.2, 0.25) is 21.8 Å². The molecule has 0 aromatic heterocycles. The first kappa shape index (κ1) is 31.7. The summed E-state index contributed by atoms with van der Waals surface area (Å²) in [7, 11) is -2.18. The van der Waals surface area contributed by atoms with Crippen molar-refractivity contribution >= 4 is 50.7 Å². The molecule has 0 aliphatic rings. The van der Waals surface area contributed by atoms with Crippen molar-refractivity contribution in [1.29, 1.82) is 0 Å². The Kier molecular flexibility index (Phi) is 12.2. The highest BCUT2D eigenvalue weighted by atomic mass is 35.5. The van der Waals surface area contributed by atoms with E-state index >= 15 is 0 Å². The topological polar surface area (TPSA) is 96.0 Å². The second kappa shape index (κ2) is 14.6. The van der Waals surface area contributed by atoms with Gasteiger partial charge in [-0.3, -0.25) is 13.9 Å². The first-order valence-electron chi connectivity index (χ1n) is 12.5. The Balaban J connectivity index is 2.24. The van der Waals surface area contributed by atoms with Gasteiger partial charge in [0, 0.05) is 31.1 Å². The number of halogens is 2. The summed E-state index contributed by atoms with van der Waals surface area (Å²) < 4.78 is 31.4. The van der Waals surface area contributed by atoms with Crippen molar-refractivity contribution in [3.63, 3.8) is 0 Å². The summed E-state index contributed by atoms with van der Waals surface area (Å²) in [5.74, 6) is 0.193. The van der Waals surface area contributed by atoms with E-state index in [1.165, 1.54) is 22.4 Å². The first-order valence-corrected chi connectivity index (χ1v) is 15.1. The summed E-state index contributed by atoms with van der Waals surface area (Å²) in [6, 6.07) is 11.2. The van der Waals surface area contributed by atoms with Crippen molar-refractivity contribution in [2.75, 3.05) is 30.8 Å². The van der Waals surface area contributed by atoms with Crippen LogP contribution in [-0.4, -0.2) is 57.6 Å². The zero-order chi connectivity index (χ0) is 28.5. The van der Waals surface area contributed by atoms with Gasteiger partial charge in [0.25, 0.3) is 0 Å². The SMILES string of the molecule is CC[C@@H](C(=O)NCC(C)C)N(Cc1ccccc1Cl)C(=O)CCCN(c1ccc(OC)c(Cl)c1)S(C)(=O)=O. The Morgan fingerprint density at radius 1 is 1.08 bits per heavy atom. The Morgan fingerprint density at radius 2 is 1.76 bits per heavy atom. The van der Waals surface area contributed by atoms with E-state index in [0.717, 1.165) is 11.8 Å². The second-order valence-electron chi connectivity index (χ2n) is 9.43. The largest absolute Gasteiger partial charge is 0.495 e. The molecule has 2 aromatic rings. The summed E-state index contributed by atoms with van der Waals surface area (Å²) in [4.78, 5) is 28.1. The number of carbonyl (C=O) groups is 2. The third kappa shape index (κ3) is 9.06. The quantitative estimate of drug-likeness (QED) is 0.331. The fourth-order valence-corrected chi connectivity index (χ4v) is 5.37. The molecular formula is C27H37Cl2N3O5S. The normalized spacial score (nSPS) is 12.2. The fourth-order valence-electron chi connectivity index (χ4n) is 3.97. The third-order valence-corrected chi connectivity index (χ3v) is 7.80.